The molecular weight excluding hydrogens is 383 g/mol. The van der Waals surface area contributed by atoms with E-state index in [1.54, 1.807) is 0 Å². The number of fused-ring (bicyclic) bond motifs is 2. The Morgan fingerprint density at radius 3 is 2.60 bits per heavy atom. The molecule has 3 N–H and O–H groups in total. The molecule has 2 aliphatic rings. The van der Waals surface area contributed by atoms with Gasteiger partial charge in [-0.25, -0.2) is 4.39 Å². The van der Waals surface area contributed by atoms with Crippen molar-refractivity contribution in [2.75, 3.05) is 13.2 Å². The molecule has 0 unspecified atom stereocenters. The van der Waals surface area contributed by atoms with E-state index in [1.165, 1.54) is 18.2 Å². The highest BCUT2D eigenvalue weighted by Crippen LogP contribution is 2.52. The maximum absolute atomic E-state index is 14.6. The maximum atomic E-state index is 14.6. The van der Waals surface area contributed by atoms with Crippen LogP contribution in [0, 0.1) is 11.2 Å². The normalized spacial score (nSPS) is 25.0. The number of carbonyl (C=O) groups excluding carboxylic acids is 1. The Kier molecular flexibility index (Phi) is 5.80. The largest absolute Gasteiger partial charge is 0.457 e. The minimum atomic E-state index is -0.553. The Labute approximate surface area is 176 Å². The fourth-order valence-corrected chi connectivity index (χ4v) is 5.16. The predicted octanol–water partition coefficient (Wildman–Crippen LogP) is 3.88. The number of halogens is 1. The highest BCUT2D eigenvalue weighted by Gasteiger charge is 2.56. The lowest BCUT2D eigenvalue weighted by atomic mass is 9.72. The fourth-order valence-electron chi connectivity index (χ4n) is 5.16. The Bertz CT molecular complexity index is 911. The van der Waals surface area contributed by atoms with Crippen molar-refractivity contribution in [1.82, 2.24) is 4.90 Å². The summed E-state index contributed by atoms with van der Waals surface area (Å²) < 4.78 is 20.5. The lowest BCUT2D eigenvalue weighted by molar-refractivity contribution is 0.0553. The van der Waals surface area contributed by atoms with Gasteiger partial charge in [0.15, 0.2) is 0 Å². The first-order chi connectivity index (χ1) is 14.5. The highest BCUT2D eigenvalue weighted by atomic mass is 19.1. The van der Waals surface area contributed by atoms with Crippen molar-refractivity contribution >= 4 is 5.91 Å². The molecule has 5 nitrogen and oxygen atoms in total. The highest BCUT2D eigenvalue weighted by molar-refractivity contribution is 5.96. The third kappa shape index (κ3) is 3.59. The van der Waals surface area contributed by atoms with Crippen LogP contribution >= 0.6 is 0 Å². The molecule has 0 spiro atoms. The standard InChI is InChI=1S/C24H29FN2O3/c1-2-24(15-28)14-17-5-10-22(24)27(17)23(29)20-13-19(8-9-21(20)25)30-18-6-3-16(4-7-18)11-12-26/h3-4,6-9,13,17,22,28H,2,5,10-12,14-15,26H2,1H3/t17-,22+,24-/m1/s1. The fraction of sp³-hybridized carbons (Fsp3) is 0.458. The first kappa shape index (κ1) is 20.8. The topological polar surface area (TPSA) is 75.8 Å². The number of ether oxygens (including phenoxy) is 1. The quantitative estimate of drug-likeness (QED) is 0.724. The third-order valence-corrected chi connectivity index (χ3v) is 6.87. The molecule has 1 amide bonds. The zero-order valence-corrected chi connectivity index (χ0v) is 17.3. The van der Waals surface area contributed by atoms with Gasteiger partial charge in [-0.2, -0.15) is 0 Å². The molecule has 30 heavy (non-hydrogen) atoms. The van der Waals surface area contributed by atoms with E-state index in [2.05, 4.69) is 0 Å². The van der Waals surface area contributed by atoms with Crippen molar-refractivity contribution in [3.05, 3.63) is 59.4 Å². The van der Waals surface area contributed by atoms with E-state index in [9.17, 15) is 14.3 Å². The summed E-state index contributed by atoms with van der Waals surface area (Å²) in [4.78, 5) is 15.1. The van der Waals surface area contributed by atoms with Gasteiger partial charge in [0.1, 0.15) is 17.3 Å². The number of amides is 1. The number of carbonyl (C=O) groups is 1. The first-order valence-corrected chi connectivity index (χ1v) is 10.7. The van der Waals surface area contributed by atoms with Gasteiger partial charge in [0.2, 0.25) is 0 Å². The smallest absolute Gasteiger partial charge is 0.257 e. The lowest BCUT2D eigenvalue weighted by Gasteiger charge is -2.34. The van der Waals surface area contributed by atoms with Gasteiger partial charge < -0.3 is 20.5 Å². The van der Waals surface area contributed by atoms with Gasteiger partial charge in [-0.1, -0.05) is 19.1 Å². The van der Waals surface area contributed by atoms with Crippen molar-refractivity contribution in [2.45, 2.75) is 51.1 Å². The number of benzene rings is 2. The Morgan fingerprint density at radius 1 is 1.23 bits per heavy atom. The van der Waals surface area contributed by atoms with Gasteiger partial charge in [-0.15, -0.1) is 0 Å². The second-order valence-corrected chi connectivity index (χ2v) is 8.46. The van der Waals surface area contributed by atoms with Crippen molar-refractivity contribution in [3.8, 4) is 11.5 Å². The third-order valence-electron chi connectivity index (χ3n) is 6.87. The van der Waals surface area contributed by atoms with Crippen molar-refractivity contribution in [2.24, 2.45) is 11.1 Å². The molecule has 2 heterocycles. The van der Waals surface area contributed by atoms with Gasteiger partial charge in [0.05, 0.1) is 12.2 Å². The average Bonchev–Trinajstić information content (AvgIpc) is 3.32. The molecule has 0 aliphatic carbocycles. The average molecular weight is 413 g/mol. The SMILES string of the molecule is CC[C@]1(CO)C[C@H]2CC[C@@H]1N2C(=O)c1cc(Oc2ccc(CCN)cc2)ccc1F. The number of nitrogens with zero attached hydrogens (tertiary/aromatic N) is 1. The minimum absolute atomic E-state index is 0.0222. The molecule has 0 saturated carbocycles. The van der Waals surface area contributed by atoms with Crippen molar-refractivity contribution in [3.63, 3.8) is 0 Å². The Morgan fingerprint density at radius 2 is 1.97 bits per heavy atom. The molecule has 2 aliphatic heterocycles. The molecule has 4 rings (SSSR count). The van der Waals surface area contributed by atoms with E-state index in [0.717, 1.165) is 37.7 Å². The Balaban J connectivity index is 1.56. The maximum Gasteiger partial charge on any atom is 0.257 e. The van der Waals surface area contributed by atoms with Crippen LogP contribution < -0.4 is 10.5 Å². The van der Waals surface area contributed by atoms with Crippen LogP contribution in [0.4, 0.5) is 4.39 Å². The molecule has 0 radical (unpaired) electrons. The van der Waals surface area contributed by atoms with Crippen LogP contribution in [-0.2, 0) is 6.42 Å². The Hall–Kier alpha value is -2.44. The lowest BCUT2D eigenvalue weighted by Crippen LogP contribution is -2.42. The van der Waals surface area contributed by atoms with Crippen LogP contribution in [-0.4, -0.2) is 41.1 Å². The minimum Gasteiger partial charge on any atom is -0.457 e. The second kappa shape index (κ2) is 8.36. The molecule has 6 heteroatoms. The molecule has 2 bridgehead atoms. The van der Waals surface area contributed by atoms with Crippen LogP contribution in [0.25, 0.3) is 0 Å². The molecule has 160 valence electrons. The molecular formula is C24H29FN2O3. The first-order valence-electron chi connectivity index (χ1n) is 10.7. The molecule has 2 aromatic carbocycles. The second-order valence-electron chi connectivity index (χ2n) is 8.46. The van der Waals surface area contributed by atoms with Crippen LogP contribution in [0.5, 0.6) is 11.5 Å². The van der Waals surface area contributed by atoms with Crippen LogP contribution in [0.15, 0.2) is 42.5 Å². The summed E-state index contributed by atoms with van der Waals surface area (Å²) in [5.74, 6) is 0.171. The molecule has 2 aromatic rings. The summed E-state index contributed by atoms with van der Waals surface area (Å²) in [5, 5.41) is 9.99. The summed E-state index contributed by atoms with van der Waals surface area (Å²) in [5.41, 5.74) is 6.45. The van der Waals surface area contributed by atoms with Crippen molar-refractivity contribution in [1.29, 1.82) is 0 Å². The van der Waals surface area contributed by atoms with E-state index in [-0.39, 0.29) is 35.6 Å². The summed E-state index contributed by atoms with van der Waals surface area (Å²) >= 11 is 0. The summed E-state index contributed by atoms with van der Waals surface area (Å²) in [6.07, 6.45) is 4.15. The van der Waals surface area contributed by atoms with Gasteiger partial charge in [0.25, 0.3) is 5.91 Å². The zero-order valence-electron chi connectivity index (χ0n) is 17.3. The zero-order chi connectivity index (χ0) is 21.3. The monoisotopic (exact) mass is 412 g/mol. The summed E-state index contributed by atoms with van der Waals surface area (Å²) in [6, 6.07) is 11.9. The number of hydrogen-bond acceptors (Lipinski definition) is 4. The van der Waals surface area contributed by atoms with E-state index in [4.69, 9.17) is 10.5 Å². The molecule has 2 fully saturated rings. The van der Waals surface area contributed by atoms with Crippen LogP contribution in [0.1, 0.15) is 48.5 Å². The number of nitrogens with two attached hydrogens (primary N) is 1. The van der Waals surface area contributed by atoms with Gasteiger partial charge in [0, 0.05) is 17.5 Å². The van der Waals surface area contributed by atoms with E-state index in [0.29, 0.717) is 18.0 Å². The number of aliphatic hydroxyl groups excluding tert-OH is 1. The van der Waals surface area contributed by atoms with E-state index >= 15 is 0 Å². The van der Waals surface area contributed by atoms with Crippen LogP contribution in [0.3, 0.4) is 0 Å². The summed E-state index contributed by atoms with van der Waals surface area (Å²) in [7, 11) is 0. The van der Waals surface area contributed by atoms with Gasteiger partial charge in [-0.05, 0) is 74.5 Å². The van der Waals surface area contributed by atoms with E-state index < -0.39 is 5.82 Å². The van der Waals surface area contributed by atoms with Gasteiger partial charge in [-0.3, -0.25) is 4.79 Å². The van der Waals surface area contributed by atoms with Crippen LogP contribution in [0.2, 0.25) is 0 Å². The van der Waals surface area contributed by atoms with E-state index in [1.807, 2.05) is 36.1 Å². The molecule has 2 saturated heterocycles. The summed E-state index contributed by atoms with van der Waals surface area (Å²) in [6.45, 7) is 2.69. The number of rotatable bonds is 7. The molecule has 0 aromatic heterocycles. The molecule has 3 atom stereocenters. The number of hydrogen-bond donors (Lipinski definition) is 2. The van der Waals surface area contributed by atoms with Gasteiger partial charge >= 0.3 is 0 Å². The van der Waals surface area contributed by atoms with Crippen molar-refractivity contribution < 1.29 is 19.0 Å². The number of aliphatic hydroxyl groups is 1. The predicted molar refractivity (Wildman–Crippen MR) is 113 cm³/mol.